The molecule has 0 atom stereocenters. The topological polar surface area (TPSA) is 90.8 Å². The predicted molar refractivity (Wildman–Crippen MR) is 162 cm³/mol. The van der Waals surface area contributed by atoms with Gasteiger partial charge in [0.2, 0.25) is 0 Å². The van der Waals surface area contributed by atoms with Gasteiger partial charge in [0.15, 0.2) is 5.82 Å². The van der Waals surface area contributed by atoms with Crippen LogP contribution in [-0.2, 0) is 9.47 Å². The van der Waals surface area contributed by atoms with Crippen molar-refractivity contribution in [1.82, 2.24) is 9.97 Å². The van der Waals surface area contributed by atoms with Gasteiger partial charge in [-0.05, 0) is 98.4 Å². The number of benzene rings is 1. The third kappa shape index (κ3) is 8.27. The fourth-order valence-corrected chi connectivity index (χ4v) is 10.5. The van der Waals surface area contributed by atoms with Crippen LogP contribution in [0.1, 0.15) is 83.1 Å². The van der Waals surface area contributed by atoms with Gasteiger partial charge in [-0.15, -0.1) is 0 Å². The SMILES string of the molecule is CC(C)[Si](Oc1ccc(-c2cnc(N(C(=O)OC(C)(C)C)C(=O)OC(C)(C)C)c(Br)n2)cc1)(C(C)C)C(C)C. The number of rotatable bonds is 7. The van der Waals surface area contributed by atoms with Crippen LogP contribution in [0.5, 0.6) is 5.75 Å². The maximum atomic E-state index is 13.0. The highest BCUT2D eigenvalue weighted by atomic mass is 79.9. The molecule has 216 valence electrons. The molecular weight excluding hydrogens is 578 g/mol. The van der Waals surface area contributed by atoms with Gasteiger partial charge in [-0.1, -0.05) is 41.5 Å². The number of nitrogens with zero attached hydrogens (tertiary/aromatic N) is 3. The number of carbonyl (C=O) groups is 2. The van der Waals surface area contributed by atoms with Crippen LogP contribution in [-0.4, -0.2) is 41.7 Å². The van der Waals surface area contributed by atoms with Gasteiger partial charge in [0.05, 0.1) is 11.9 Å². The van der Waals surface area contributed by atoms with Crippen LogP contribution in [0.2, 0.25) is 16.6 Å². The summed E-state index contributed by atoms with van der Waals surface area (Å²) in [6.45, 7) is 23.8. The van der Waals surface area contributed by atoms with Gasteiger partial charge in [-0.25, -0.2) is 19.6 Å². The van der Waals surface area contributed by atoms with E-state index < -0.39 is 31.7 Å². The quantitative estimate of drug-likeness (QED) is 0.285. The van der Waals surface area contributed by atoms with Gasteiger partial charge >= 0.3 is 12.2 Å². The monoisotopic (exact) mass is 621 g/mol. The number of hydrogen-bond donors (Lipinski definition) is 0. The van der Waals surface area contributed by atoms with E-state index >= 15 is 0 Å². The van der Waals surface area contributed by atoms with E-state index in [1.165, 1.54) is 6.20 Å². The van der Waals surface area contributed by atoms with Crippen LogP contribution in [0.3, 0.4) is 0 Å². The predicted octanol–water partition coefficient (Wildman–Crippen LogP) is 9.14. The van der Waals surface area contributed by atoms with Crippen molar-refractivity contribution in [2.45, 2.75) is 111 Å². The van der Waals surface area contributed by atoms with E-state index in [2.05, 4.69) is 67.4 Å². The van der Waals surface area contributed by atoms with Crippen LogP contribution in [0, 0.1) is 0 Å². The number of amides is 2. The fourth-order valence-electron chi connectivity index (χ4n) is 4.76. The Labute approximate surface area is 243 Å². The van der Waals surface area contributed by atoms with E-state index in [1.54, 1.807) is 41.5 Å². The summed E-state index contributed by atoms with van der Waals surface area (Å²) in [6, 6.07) is 7.79. The summed E-state index contributed by atoms with van der Waals surface area (Å²) in [6.07, 6.45) is -0.309. The number of ether oxygens (including phenoxy) is 2. The van der Waals surface area contributed by atoms with Crippen molar-refractivity contribution < 1.29 is 23.5 Å². The lowest BCUT2D eigenvalue weighted by Gasteiger charge is -2.42. The average molecular weight is 623 g/mol. The smallest absolute Gasteiger partial charge is 0.425 e. The third-order valence-electron chi connectivity index (χ3n) is 6.23. The van der Waals surface area contributed by atoms with Crippen LogP contribution >= 0.6 is 15.9 Å². The molecule has 0 N–H and O–H groups in total. The van der Waals surface area contributed by atoms with E-state index in [1.807, 2.05) is 24.3 Å². The van der Waals surface area contributed by atoms with Crippen LogP contribution in [0.4, 0.5) is 15.4 Å². The van der Waals surface area contributed by atoms with Crippen molar-refractivity contribution in [3.8, 4) is 17.0 Å². The number of carbonyl (C=O) groups excluding carboxylic acids is 2. The highest BCUT2D eigenvalue weighted by molar-refractivity contribution is 9.10. The molecular formula is C29H44BrN3O5Si. The molecule has 0 aliphatic carbocycles. The summed E-state index contributed by atoms with van der Waals surface area (Å²) < 4.78 is 17.9. The van der Waals surface area contributed by atoms with Crippen molar-refractivity contribution in [2.24, 2.45) is 0 Å². The minimum absolute atomic E-state index is 0.0243. The molecule has 0 radical (unpaired) electrons. The molecule has 0 aliphatic heterocycles. The average Bonchev–Trinajstić information content (AvgIpc) is 2.76. The van der Waals surface area contributed by atoms with Gasteiger partial charge in [0, 0.05) is 5.56 Å². The number of anilines is 1. The Kier molecular flexibility index (Phi) is 10.4. The van der Waals surface area contributed by atoms with E-state index in [0.717, 1.165) is 16.2 Å². The maximum Gasteiger partial charge on any atom is 0.425 e. The van der Waals surface area contributed by atoms with Gasteiger partial charge in [0.25, 0.3) is 8.32 Å². The van der Waals surface area contributed by atoms with Gasteiger partial charge in [-0.2, -0.15) is 4.90 Å². The normalized spacial score (nSPS) is 12.6. The zero-order valence-corrected chi connectivity index (χ0v) is 28.0. The molecule has 2 rings (SSSR count). The first kappa shape index (κ1) is 32.7. The molecule has 39 heavy (non-hydrogen) atoms. The fraction of sp³-hybridized carbons (Fsp3) is 0.586. The minimum atomic E-state index is -2.08. The lowest BCUT2D eigenvalue weighted by molar-refractivity contribution is 0.0428. The number of imide groups is 1. The summed E-state index contributed by atoms with van der Waals surface area (Å²) in [4.78, 5) is 35.7. The van der Waals surface area contributed by atoms with Gasteiger partial charge in [0.1, 0.15) is 21.6 Å². The van der Waals surface area contributed by atoms with Crippen molar-refractivity contribution >= 4 is 42.3 Å². The Morgan fingerprint density at radius 1 is 0.821 bits per heavy atom. The molecule has 2 aromatic rings. The largest absolute Gasteiger partial charge is 0.543 e. The molecule has 8 nitrogen and oxygen atoms in total. The first-order valence-electron chi connectivity index (χ1n) is 13.4. The van der Waals surface area contributed by atoms with Gasteiger partial charge < -0.3 is 13.9 Å². The minimum Gasteiger partial charge on any atom is -0.543 e. The third-order valence-corrected chi connectivity index (χ3v) is 12.8. The van der Waals surface area contributed by atoms with Crippen LogP contribution in [0.15, 0.2) is 35.1 Å². The zero-order chi connectivity index (χ0) is 29.9. The maximum absolute atomic E-state index is 13.0. The van der Waals surface area contributed by atoms with Crippen molar-refractivity contribution in [1.29, 1.82) is 0 Å². The lowest BCUT2D eigenvalue weighted by Crippen LogP contribution is -2.50. The van der Waals surface area contributed by atoms with Gasteiger partial charge in [-0.3, -0.25) is 0 Å². The second-order valence-electron chi connectivity index (χ2n) is 12.6. The first-order chi connectivity index (χ1) is 17.8. The van der Waals surface area contributed by atoms with Crippen molar-refractivity contribution in [2.75, 3.05) is 4.90 Å². The molecule has 0 saturated heterocycles. The Morgan fingerprint density at radius 2 is 1.26 bits per heavy atom. The molecule has 1 aromatic carbocycles. The Morgan fingerprint density at radius 3 is 1.62 bits per heavy atom. The lowest BCUT2D eigenvalue weighted by atomic mass is 10.1. The molecule has 10 heteroatoms. The van der Waals surface area contributed by atoms with E-state index in [9.17, 15) is 9.59 Å². The summed E-state index contributed by atoms with van der Waals surface area (Å²) in [5.74, 6) is 0.815. The molecule has 1 heterocycles. The summed E-state index contributed by atoms with van der Waals surface area (Å²) in [5, 5.41) is 0. The molecule has 0 aliphatic rings. The van der Waals surface area contributed by atoms with E-state index in [-0.39, 0.29) is 10.4 Å². The zero-order valence-electron chi connectivity index (χ0n) is 25.4. The molecule has 2 amide bonds. The molecule has 1 aromatic heterocycles. The number of hydrogen-bond acceptors (Lipinski definition) is 7. The van der Waals surface area contributed by atoms with Crippen LogP contribution in [0.25, 0.3) is 11.3 Å². The molecule has 0 fully saturated rings. The molecule has 0 unspecified atom stereocenters. The Hall–Kier alpha value is -2.46. The summed E-state index contributed by atoms with van der Waals surface area (Å²) in [5.41, 5.74) is 1.10. The van der Waals surface area contributed by atoms with Crippen molar-refractivity contribution in [3.63, 3.8) is 0 Å². The van der Waals surface area contributed by atoms with E-state index in [4.69, 9.17) is 13.9 Å². The summed E-state index contributed by atoms with van der Waals surface area (Å²) in [7, 11) is -2.08. The summed E-state index contributed by atoms with van der Waals surface area (Å²) >= 11 is 3.39. The molecule has 0 spiro atoms. The number of halogens is 1. The number of aromatic nitrogens is 2. The second-order valence-corrected chi connectivity index (χ2v) is 18.7. The van der Waals surface area contributed by atoms with Crippen LogP contribution < -0.4 is 9.33 Å². The highest BCUT2D eigenvalue weighted by Crippen LogP contribution is 2.43. The molecule has 0 bridgehead atoms. The standard InChI is InChI=1S/C29H44BrN3O5Si/c1-18(2)39(19(3)4,20(5)6)38-22-15-13-21(14-16-22)23-17-31-25(24(30)32-23)33(26(34)36-28(7,8)9)27(35)37-29(10,11)12/h13-20H,1-12H3. The first-order valence-corrected chi connectivity index (χ1v) is 16.3. The van der Waals surface area contributed by atoms with E-state index in [0.29, 0.717) is 22.3 Å². The Bertz CT molecular complexity index is 1110. The molecule has 0 saturated carbocycles. The highest BCUT2D eigenvalue weighted by Gasteiger charge is 2.47. The Balaban J connectivity index is 2.42. The van der Waals surface area contributed by atoms with Crippen molar-refractivity contribution in [3.05, 3.63) is 35.1 Å². The second kappa shape index (κ2) is 12.4.